The van der Waals surface area contributed by atoms with E-state index in [4.69, 9.17) is 9.84 Å². The zero-order valence-corrected chi connectivity index (χ0v) is 11.3. The lowest BCUT2D eigenvalue weighted by atomic mass is 10.1. The maximum absolute atomic E-state index is 13.5. The van der Waals surface area contributed by atoms with Gasteiger partial charge in [-0.15, -0.1) is 0 Å². The molecule has 0 unspecified atom stereocenters. The highest BCUT2D eigenvalue weighted by Crippen LogP contribution is 2.18. The van der Waals surface area contributed by atoms with Crippen molar-refractivity contribution in [3.05, 3.63) is 65.2 Å². The lowest BCUT2D eigenvalue weighted by molar-refractivity contribution is 0.290. The Morgan fingerprint density at radius 2 is 1.90 bits per heavy atom. The SMILES string of the molecule is OCCC#Cc1cc(F)cc(COc2ccccc2F)c1. The third-order valence-electron chi connectivity index (χ3n) is 2.66. The summed E-state index contributed by atoms with van der Waals surface area (Å²) >= 11 is 0. The number of ether oxygens (including phenoxy) is 1. The molecule has 0 bridgehead atoms. The van der Waals surface area contributed by atoms with E-state index in [9.17, 15) is 8.78 Å². The van der Waals surface area contributed by atoms with Crippen LogP contribution in [0.5, 0.6) is 5.75 Å². The van der Waals surface area contributed by atoms with Crippen molar-refractivity contribution in [1.29, 1.82) is 0 Å². The van der Waals surface area contributed by atoms with Crippen LogP contribution in [-0.4, -0.2) is 11.7 Å². The largest absolute Gasteiger partial charge is 0.486 e. The summed E-state index contributed by atoms with van der Waals surface area (Å²) < 4.78 is 32.2. The first kappa shape index (κ1) is 15.0. The van der Waals surface area contributed by atoms with E-state index in [1.165, 1.54) is 24.3 Å². The van der Waals surface area contributed by atoms with Crippen molar-refractivity contribution >= 4 is 0 Å². The van der Waals surface area contributed by atoms with Crippen molar-refractivity contribution in [1.82, 2.24) is 0 Å². The number of para-hydroxylation sites is 1. The predicted octanol–water partition coefficient (Wildman–Crippen LogP) is 3.28. The molecule has 0 aliphatic rings. The van der Waals surface area contributed by atoms with Crippen LogP contribution in [-0.2, 0) is 6.61 Å². The summed E-state index contributed by atoms with van der Waals surface area (Å²) in [5.74, 6) is 4.70. The average molecular weight is 288 g/mol. The van der Waals surface area contributed by atoms with Crippen molar-refractivity contribution in [3.8, 4) is 17.6 Å². The monoisotopic (exact) mass is 288 g/mol. The highest BCUT2D eigenvalue weighted by Gasteiger charge is 2.04. The minimum Gasteiger partial charge on any atom is -0.486 e. The van der Waals surface area contributed by atoms with Crippen molar-refractivity contribution in [3.63, 3.8) is 0 Å². The molecule has 0 fully saturated rings. The molecule has 0 radical (unpaired) electrons. The van der Waals surface area contributed by atoms with E-state index in [2.05, 4.69) is 11.8 Å². The minimum atomic E-state index is -0.461. The van der Waals surface area contributed by atoms with Crippen LogP contribution in [0, 0.1) is 23.5 Å². The van der Waals surface area contributed by atoms with Crippen LogP contribution >= 0.6 is 0 Å². The Bertz CT molecular complexity index is 672. The second kappa shape index (κ2) is 7.41. The third-order valence-corrected chi connectivity index (χ3v) is 2.66. The Morgan fingerprint density at radius 1 is 1.10 bits per heavy atom. The first-order valence-electron chi connectivity index (χ1n) is 6.45. The summed E-state index contributed by atoms with van der Waals surface area (Å²) in [6.45, 7) is 0.0128. The van der Waals surface area contributed by atoms with Gasteiger partial charge < -0.3 is 9.84 Å². The number of aliphatic hydroxyl groups excluding tert-OH is 1. The van der Waals surface area contributed by atoms with E-state index in [-0.39, 0.29) is 19.0 Å². The number of hydrogen-bond donors (Lipinski definition) is 1. The van der Waals surface area contributed by atoms with Gasteiger partial charge in [-0.3, -0.25) is 0 Å². The van der Waals surface area contributed by atoms with Crippen molar-refractivity contribution in [2.45, 2.75) is 13.0 Å². The lowest BCUT2D eigenvalue weighted by Gasteiger charge is -2.07. The fourth-order valence-electron chi connectivity index (χ4n) is 1.75. The Labute approximate surface area is 122 Å². The summed E-state index contributed by atoms with van der Waals surface area (Å²) in [7, 11) is 0. The molecular formula is C17H14F2O2. The number of aliphatic hydroxyl groups is 1. The van der Waals surface area contributed by atoms with E-state index in [0.29, 0.717) is 17.5 Å². The molecule has 0 heterocycles. The zero-order valence-electron chi connectivity index (χ0n) is 11.3. The molecule has 0 saturated heterocycles. The van der Waals surface area contributed by atoms with Gasteiger partial charge in [0.25, 0.3) is 0 Å². The summed E-state index contributed by atoms with van der Waals surface area (Å²) in [5.41, 5.74) is 1.06. The second-order valence-electron chi connectivity index (χ2n) is 4.34. The first-order chi connectivity index (χ1) is 10.2. The fourth-order valence-corrected chi connectivity index (χ4v) is 1.75. The molecule has 0 atom stereocenters. The molecule has 0 saturated carbocycles. The van der Waals surface area contributed by atoms with Crippen LogP contribution in [0.15, 0.2) is 42.5 Å². The van der Waals surface area contributed by atoms with Gasteiger partial charge in [-0.25, -0.2) is 8.78 Å². The second-order valence-corrected chi connectivity index (χ2v) is 4.34. The van der Waals surface area contributed by atoms with Crippen LogP contribution in [0.25, 0.3) is 0 Å². The van der Waals surface area contributed by atoms with Gasteiger partial charge in [-0.1, -0.05) is 24.0 Å². The molecule has 2 aromatic rings. The van der Waals surface area contributed by atoms with Gasteiger partial charge in [0.1, 0.15) is 12.4 Å². The molecule has 0 aliphatic heterocycles. The molecule has 0 spiro atoms. The van der Waals surface area contributed by atoms with Crippen LogP contribution in [0.1, 0.15) is 17.5 Å². The van der Waals surface area contributed by atoms with E-state index in [1.54, 1.807) is 18.2 Å². The molecule has 21 heavy (non-hydrogen) atoms. The number of benzene rings is 2. The predicted molar refractivity (Wildman–Crippen MR) is 75.7 cm³/mol. The van der Waals surface area contributed by atoms with Crippen molar-refractivity contribution in [2.24, 2.45) is 0 Å². The average Bonchev–Trinajstić information content (AvgIpc) is 2.46. The summed E-state index contributed by atoms with van der Waals surface area (Å²) in [4.78, 5) is 0. The van der Waals surface area contributed by atoms with Gasteiger partial charge in [-0.2, -0.15) is 0 Å². The molecule has 1 N–H and O–H groups in total. The van der Waals surface area contributed by atoms with E-state index < -0.39 is 11.6 Å². The van der Waals surface area contributed by atoms with Crippen LogP contribution < -0.4 is 4.74 Å². The van der Waals surface area contributed by atoms with Gasteiger partial charge in [0, 0.05) is 12.0 Å². The molecule has 0 aromatic heterocycles. The lowest BCUT2D eigenvalue weighted by Crippen LogP contribution is -1.98. The highest BCUT2D eigenvalue weighted by molar-refractivity contribution is 5.38. The minimum absolute atomic E-state index is 0.0361. The Hall–Kier alpha value is -2.38. The van der Waals surface area contributed by atoms with Crippen LogP contribution in [0.4, 0.5) is 8.78 Å². The number of rotatable bonds is 4. The van der Waals surface area contributed by atoms with Gasteiger partial charge in [0.05, 0.1) is 6.61 Å². The standard InChI is InChI=1S/C17H14F2O2/c18-15-10-13(5-3-4-8-20)9-14(11-15)12-21-17-7-2-1-6-16(17)19/h1-2,6-7,9-11,20H,4,8,12H2. The molecule has 108 valence electrons. The quantitative estimate of drug-likeness (QED) is 0.875. The normalized spacial score (nSPS) is 9.86. The number of halogens is 2. The molecule has 4 heteroatoms. The summed E-state index contributed by atoms with van der Waals surface area (Å²) in [6.07, 6.45) is 0.331. The van der Waals surface area contributed by atoms with Gasteiger partial charge >= 0.3 is 0 Å². The Kier molecular flexibility index (Phi) is 5.30. The van der Waals surface area contributed by atoms with Crippen molar-refractivity contribution < 1.29 is 18.6 Å². The molecule has 0 amide bonds. The topological polar surface area (TPSA) is 29.5 Å². The summed E-state index contributed by atoms with van der Waals surface area (Å²) in [6, 6.07) is 10.3. The zero-order chi connectivity index (χ0) is 15.1. The maximum Gasteiger partial charge on any atom is 0.165 e. The van der Waals surface area contributed by atoms with E-state index in [0.717, 1.165) is 0 Å². The maximum atomic E-state index is 13.5. The van der Waals surface area contributed by atoms with Gasteiger partial charge in [-0.05, 0) is 35.9 Å². The van der Waals surface area contributed by atoms with E-state index in [1.807, 2.05) is 0 Å². The fraction of sp³-hybridized carbons (Fsp3) is 0.176. The Morgan fingerprint density at radius 3 is 2.67 bits per heavy atom. The Balaban J connectivity index is 2.10. The third kappa shape index (κ3) is 4.59. The molecule has 2 nitrogen and oxygen atoms in total. The van der Waals surface area contributed by atoms with E-state index >= 15 is 0 Å². The van der Waals surface area contributed by atoms with Crippen molar-refractivity contribution in [2.75, 3.05) is 6.61 Å². The summed E-state index contributed by atoms with van der Waals surface area (Å²) in [5, 5.41) is 8.66. The molecule has 0 aliphatic carbocycles. The molecule has 2 rings (SSSR count). The smallest absolute Gasteiger partial charge is 0.165 e. The van der Waals surface area contributed by atoms with Gasteiger partial charge in [0.15, 0.2) is 11.6 Å². The van der Waals surface area contributed by atoms with Crippen LogP contribution in [0.3, 0.4) is 0 Å². The first-order valence-corrected chi connectivity index (χ1v) is 6.45. The van der Waals surface area contributed by atoms with Crippen LogP contribution in [0.2, 0.25) is 0 Å². The highest BCUT2D eigenvalue weighted by atomic mass is 19.1. The molecule has 2 aromatic carbocycles. The number of hydrogen-bond acceptors (Lipinski definition) is 2. The van der Waals surface area contributed by atoms with Gasteiger partial charge in [0.2, 0.25) is 0 Å². The molecular weight excluding hydrogens is 274 g/mol.